The van der Waals surface area contributed by atoms with Crippen molar-refractivity contribution >= 4 is 27.6 Å². The molecule has 4 heterocycles. The minimum absolute atomic E-state index is 0.157. The number of hydrogen-bond donors (Lipinski definition) is 1. The van der Waals surface area contributed by atoms with Crippen molar-refractivity contribution in [2.75, 3.05) is 55.1 Å². The van der Waals surface area contributed by atoms with Crippen LogP contribution in [0, 0.1) is 12.3 Å². The molecule has 3 aliphatic rings. The molecule has 0 bridgehead atoms. The Morgan fingerprint density at radius 2 is 1.77 bits per heavy atom. The fourth-order valence-electron chi connectivity index (χ4n) is 5.83. The zero-order chi connectivity index (χ0) is 24.6. The van der Waals surface area contributed by atoms with E-state index in [1.807, 2.05) is 4.90 Å². The van der Waals surface area contributed by atoms with Crippen LogP contribution in [-0.4, -0.2) is 79.6 Å². The van der Waals surface area contributed by atoms with Crippen molar-refractivity contribution in [1.82, 2.24) is 19.6 Å². The molecule has 1 amide bonds. The van der Waals surface area contributed by atoms with Crippen molar-refractivity contribution in [3.8, 4) is 0 Å². The van der Waals surface area contributed by atoms with Gasteiger partial charge in [0.2, 0.25) is 10.0 Å². The van der Waals surface area contributed by atoms with Gasteiger partial charge in [0, 0.05) is 57.2 Å². The van der Waals surface area contributed by atoms with E-state index in [4.69, 9.17) is 0 Å². The van der Waals surface area contributed by atoms with E-state index in [1.54, 1.807) is 0 Å². The second-order valence-corrected chi connectivity index (χ2v) is 12.3. The molecule has 3 saturated heterocycles. The number of sulfonamides is 1. The van der Waals surface area contributed by atoms with Crippen molar-refractivity contribution < 1.29 is 13.2 Å². The summed E-state index contributed by atoms with van der Waals surface area (Å²) in [6.45, 7) is 9.14. The van der Waals surface area contributed by atoms with Crippen molar-refractivity contribution in [2.24, 2.45) is 5.41 Å². The third-order valence-corrected chi connectivity index (χ3v) is 8.46. The maximum Gasteiger partial charge on any atom is 0.344 e. The Balaban J connectivity index is 1.15. The molecule has 3 fully saturated rings. The summed E-state index contributed by atoms with van der Waals surface area (Å²) in [6, 6.07) is 8.24. The average molecular weight is 501 g/mol. The Labute approximate surface area is 208 Å². The number of amides is 1. The van der Waals surface area contributed by atoms with Gasteiger partial charge in [-0.25, -0.2) is 13.2 Å². The largest absolute Gasteiger partial charge is 0.372 e. The summed E-state index contributed by atoms with van der Waals surface area (Å²) in [7, 11) is -3.42. The Hall–Kier alpha value is -2.59. The van der Waals surface area contributed by atoms with Gasteiger partial charge in [-0.3, -0.25) is 9.62 Å². The molecule has 1 aromatic carbocycles. The van der Waals surface area contributed by atoms with Gasteiger partial charge in [0.15, 0.2) is 5.82 Å². The molecule has 0 aliphatic carbocycles. The number of hydrogen-bond acceptors (Lipinski definition) is 6. The number of carbonyl (C=O) groups excluding carboxylic acids is 1. The molecular formula is C25H36N6O3S. The highest BCUT2D eigenvalue weighted by molar-refractivity contribution is 7.92. The van der Waals surface area contributed by atoms with Crippen LogP contribution in [0.4, 0.5) is 16.3 Å². The van der Waals surface area contributed by atoms with E-state index in [1.165, 1.54) is 66.1 Å². The van der Waals surface area contributed by atoms with Crippen LogP contribution in [0.3, 0.4) is 0 Å². The number of carbonyl (C=O) groups is 1. The minimum Gasteiger partial charge on any atom is -0.372 e. The van der Waals surface area contributed by atoms with Gasteiger partial charge in [0.1, 0.15) is 0 Å². The topological polar surface area (TPSA) is 90.8 Å². The maximum absolute atomic E-state index is 12.9. The highest BCUT2D eigenvalue weighted by atomic mass is 32.2. The van der Waals surface area contributed by atoms with Crippen LogP contribution in [0.15, 0.2) is 30.5 Å². The summed E-state index contributed by atoms with van der Waals surface area (Å²) in [5, 5.41) is 4.08. The second kappa shape index (κ2) is 9.46. The normalized spacial score (nSPS) is 20.6. The number of nitrogens with zero attached hydrogens (tertiary/aromatic N) is 5. The van der Waals surface area contributed by atoms with Crippen LogP contribution in [0.1, 0.15) is 43.2 Å². The maximum atomic E-state index is 12.9. The zero-order valence-corrected chi connectivity index (χ0v) is 21.6. The molecule has 0 saturated carbocycles. The number of rotatable bonds is 5. The number of anilines is 2. The van der Waals surface area contributed by atoms with Crippen LogP contribution in [-0.2, 0) is 16.6 Å². The monoisotopic (exact) mass is 500 g/mol. The van der Waals surface area contributed by atoms with E-state index in [0.29, 0.717) is 13.1 Å². The van der Waals surface area contributed by atoms with E-state index in [-0.39, 0.29) is 17.3 Å². The van der Waals surface area contributed by atoms with Gasteiger partial charge >= 0.3 is 6.03 Å². The first-order valence-corrected chi connectivity index (χ1v) is 14.5. The Bertz CT molecular complexity index is 1180. The summed E-state index contributed by atoms with van der Waals surface area (Å²) in [4.78, 5) is 19.8. The molecule has 190 valence electrons. The third-order valence-electron chi connectivity index (χ3n) is 7.88. The van der Waals surface area contributed by atoms with Gasteiger partial charge in [0.25, 0.3) is 0 Å². The van der Waals surface area contributed by atoms with Gasteiger partial charge in [-0.15, -0.1) is 5.10 Å². The Morgan fingerprint density at radius 1 is 1.06 bits per heavy atom. The van der Waals surface area contributed by atoms with Gasteiger partial charge in [-0.1, -0.05) is 6.07 Å². The molecular weight excluding hydrogens is 464 g/mol. The van der Waals surface area contributed by atoms with Gasteiger partial charge in [-0.05, 0) is 74.2 Å². The lowest BCUT2D eigenvalue weighted by atomic mass is 9.78. The molecule has 10 heteroatoms. The average Bonchev–Trinajstić information content (AvgIpc) is 3.57. The fraction of sp³-hybridized carbons (Fsp3) is 0.600. The first-order chi connectivity index (χ1) is 16.7. The molecule has 35 heavy (non-hydrogen) atoms. The van der Waals surface area contributed by atoms with Crippen LogP contribution < -0.4 is 9.62 Å². The van der Waals surface area contributed by atoms with Crippen LogP contribution >= 0.6 is 0 Å². The third kappa shape index (κ3) is 5.48. The van der Waals surface area contributed by atoms with E-state index in [9.17, 15) is 13.2 Å². The molecule has 1 aromatic heterocycles. The summed E-state index contributed by atoms with van der Waals surface area (Å²) in [5.41, 5.74) is 4.41. The predicted molar refractivity (Wildman–Crippen MR) is 137 cm³/mol. The van der Waals surface area contributed by atoms with Crippen LogP contribution in [0.5, 0.6) is 0 Å². The zero-order valence-electron chi connectivity index (χ0n) is 20.7. The summed E-state index contributed by atoms with van der Waals surface area (Å²) in [5.74, 6) is 0.157. The van der Waals surface area contributed by atoms with Gasteiger partial charge in [-0.2, -0.15) is 4.68 Å². The highest BCUT2D eigenvalue weighted by Crippen LogP contribution is 2.41. The molecule has 3 aliphatic heterocycles. The molecule has 0 unspecified atom stereocenters. The molecule has 1 N–H and O–H groups in total. The summed E-state index contributed by atoms with van der Waals surface area (Å²) < 4.78 is 26.3. The smallest absolute Gasteiger partial charge is 0.344 e. The number of piperidine rings is 1. The first-order valence-electron chi connectivity index (χ1n) is 12.6. The van der Waals surface area contributed by atoms with Crippen molar-refractivity contribution in [1.29, 1.82) is 0 Å². The standard InChI is InChI=1S/C25H36N6O3S/c1-20-17-22(29-11-3-4-12-29)6-5-21(20)18-28-14-8-25(19-28)9-15-30(16-10-25)24(32)31-13-7-23(26-31)27-35(2,33)34/h5-7,13,17H,3-4,8-12,14-16,18-19H2,1-2H3,(H,26,27). The summed E-state index contributed by atoms with van der Waals surface area (Å²) in [6.07, 6.45) is 8.30. The molecule has 2 aromatic rings. The Kier molecular flexibility index (Phi) is 6.52. The van der Waals surface area contributed by atoms with Crippen molar-refractivity contribution in [2.45, 2.75) is 45.6 Å². The SMILES string of the molecule is Cc1cc(N2CCCC2)ccc1CN1CCC2(CCN(C(=O)n3ccc(NS(C)(=O)=O)n3)CC2)C1. The van der Waals surface area contributed by atoms with Crippen molar-refractivity contribution in [3.63, 3.8) is 0 Å². The lowest BCUT2D eigenvalue weighted by molar-refractivity contribution is 0.118. The molecule has 0 atom stereocenters. The molecule has 5 rings (SSSR count). The van der Waals surface area contributed by atoms with E-state index in [2.05, 4.69) is 44.7 Å². The summed E-state index contributed by atoms with van der Waals surface area (Å²) >= 11 is 0. The number of aromatic nitrogens is 2. The quantitative estimate of drug-likeness (QED) is 0.678. The molecule has 1 spiro atoms. The Morgan fingerprint density at radius 3 is 2.46 bits per heavy atom. The predicted octanol–water partition coefficient (Wildman–Crippen LogP) is 3.12. The minimum atomic E-state index is -3.42. The fourth-order valence-corrected chi connectivity index (χ4v) is 6.32. The first kappa shape index (κ1) is 24.1. The highest BCUT2D eigenvalue weighted by Gasteiger charge is 2.41. The lowest BCUT2D eigenvalue weighted by Gasteiger charge is -2.39. The van der Waals surface area contributed by atoms with Crippen molar-refractivity contribution in [3.05, 3.63) is 41.6 Å². The molecule has 9 nitrogen and oxygen atoms in total. The van der Waals surface area contributed by atoms with Crippen LogP contribution in [0.25, 0.3) is 0 Å². The van der Waals surface area contributed by atoms with E-state index >= 15 is 0 Å². The van der Waals surface area contributed by atoms with Gasteiger partial charge in [0.05, 0.1) is 6.26 Å². The van der Waals surface area contributed by atoms with E-state index in [0.717, 1.165) is 38.7 Å². The second-order valence-electron chi connectivity index (χ2n) is 10.6. The number of benzene rings is 1. The number of nitrogens with one attached hydrogen (secondary N) is 1. The number of aryl methyl sites for hydroxylation is 1. The van der Waals surface area contributed by atoms with E-state index < -0.39 is 10.0 Å². The lowest BCUT2D eigenvalue weighted by Crippen LogP contribution is -2.45. The van der Waals surface area contributed by atoms with Gasteiger partial charge < -0.3 is 9.80 Å². The number of likely N-dealkylation sites (tertiary alicyclic amines) is 2. The van der Waals surface area contributed by atoms with Crippen LogP contribution in [0.2, 0.25) is 0 Å². The molecule has 0 radical (unpaired) electrons.